The lowest BCUT2D eigenvalue weighted by atomic mass is 10.0. The van der Waals surface area contributed by atoms with Crippen LogP contribution in [0.25, 0.3) is 0 Å². The highest BCUT2D eigenvalue weighted by atomic mass is 35.5. The molecule has 35 heavy (non-hydrogen) atoms. The first-order chi connectivity index (χ1) is 16.9. The summed E-state index contributed by atoms with van der Waals surface area (Å²) < 4.78 is 0. The Morgan fingerprint density at radius 2 is 1.83 bits per heavy atom. The Bertz CT molecular complexity index is 1220. The Morgan fingerprint density at radius 3 is 2.54 bits per heavy atom. The number of nitrogens with zero attached hydrogens (tertiary/aromatic N) is 4. The summed E-state index contributed by atoms with van der Waals surface area (Å²) in [7, 11) is 0. The predicted octanol–water partition coefficient (Wildman–Crippen LogP) is 3.03. The number of hydrogen-bond acceptors (Lipinski definition) is 8. The lowest BCUT2D eigenvalue weighted by Gasteiger charge is -2.20. The number of pyridine rings is 1. The van der Waals surface area contributed by atoms with Gasteiger partial charge in [-0.25, -0.2) is 4.98 Å². The molecule has 11 heteroatoms. The number of halogens is 1. The number of carbonyl (C=O) groups is 3. The van der Waals surface area contributed by atoms with E-state index in [1.54, 1.807) is 24.3 Å². The maximum atomic E-state index is 13.0. The first-order valence-corrected chi connectivity index (χ1v) is 11.5. The Balaban J connectivity index is 1.53. The van der Waals surface area contributed by atoms with Crippen LogP contribution in [0, 0.1) is 0 Å². The van der Waals surface area contributed by atoms with Crippen molar-refractivity contribution in [2.45, 2.75) is 13.3 Å². The lowest BCUT2D eigenvalue weighted by Crippen LogP contribution is -2.29. The van der Waals surface area contributed by atoms with Crippen molar-refractivity contribution in [2.24, 2.45) is 0 Å². The van der Waals surface area contributed by atoms with Gasteiger partial charge >= 0.3 is 0 Å². The summed E-state index contributed by atoms with van der Waals surface area (Å²) >= 11 is 5.85. The summed E-state index contributed by atoms with van der Waals surface area (Å²) in [5.41, 5.74) is 0.747. The van der Waals surface area contributed by atoms with Gasteiger partial charge in [-0.2, -0.15) is 0 Å². The molecule has 2 amide bonds. The molecule has 4 rings (SSSR count). The monoisotopic (exact) mass is 493 g/mol. The maximum Gasteiger partial charge on any atom is 0.276 e. The third-order valence-corrected chi connectivity index (χ3v) is 5.66. The second kappa shape index (κ2) is 11.0. The van der Waals surface area contributed by atoms with Crippen molar-refractivity contribution in [3.05, 3.63) is 70.5 Å². The van der Waals surface area contributed by atoms with Crippen LogP contribution in [-0.4, -0.2) is 59.0 Å². The van der Waals surface area contributed by atoms with Crippen LogP contribution < -0.4 is 20.9 Å². The molecule has 0 radical (unpaired) electrons. The average molecular weight is 494 g/mol. The number of ketones is 1. The topological polar surface area (TPSA) is 129 Å². The number of amides is 2. The van der Waals surface area contributed by atoms with Crippen molar-refractivity contribution < 1.29 is 14.4 Å². The molecular weight excluding hydrogens is 470 g/mol. The van der Waals surface area contributed by atoms with Gasteiger partial charge in [-0.1, -0.05) is 11.6 Å². The molecule has 0 atom stereocenters. The fourth-order valence-corrected chi connectivity index (χ4v) is 3.68. The zero-order valence-corrected chi connectivity index (χ0v) is 19.8. The highest BCUT2D eigenvalue weighted by Gasteiger charge is 2.19. The van der Waals surface area contributed by atoms with E-state index >= 15 is 0 Å². The first kappa shape index (κ1) is 24.2. The van der Waals surface area contributed by atoms with Gasteiger partial charge in [0.1, 0.15) is 5.82 Å². The minimum Gasteiger partial charge on any atom is -0.354 e. The highest BCUT2D eigenvalue weighted by Crippen LogP contribution is 2.21. The third-order valence-electron chi connectivity index (χ3n) is 5.44. The quantitative estimate of drug-likeness (QED) is 0.447. The number of carbonyl (C=O) groups excluding carboxylic acids is 3. The number of anilines is 3. The minimum atomic E-state index is -0.547. The molecule has 3 aromatic rings. The Kier molecular flexibility index (Phi) is 7.64. The van der Waals surface area contributed by atoms with E-state index in [0.29, 0.717) is 16.4 Å². The highest BCUT2D eigenvalue weighted by molar-refractivity contribution is 6.30. The van der Waals surface area contributed by atoms with Gasteiger partial charge in [-0.15, -0.1) is 10.2 Å². The molecule has 1 fully saturated rings. The molecule has 0 unspecified atom stereocenters. The summed E-state index contributed by atoms with van der Waals surface area (Å²) in [5, 5.41) is 17.4. The normalized spacial score (nSPS) is 13.6. The fraction of sp³-hybridized carbons (Fsp3) is 0.250. The van der Waals surface area contributed by atoms with E-state index in [2.05, 4.69) is 36.0 Å². The molecule has 0 saturated carbocycles. The second-order valence-corrected chi connectivity index (χ2v) is 8.39. The van der Waals surface area contributed by atoms with Crippen molar-refractivity contribution in [2.75, 3.05) is 41.7 Å². The van der Waals surface area contributed by atoms with Crippen molar-refractivity contribution in [1.29, 1.82) is 0 Å². The van der Waals surface area contributed by atoms with E-state index in [1.807, 2.05) is 0 Å². The SMILES string of the molecule is CC(=O)c1ccc(NC(=O)c2ccc(N3CCCNCC3)nn2)c(C(=O)Nc2ccc(Cl)cn2)c1. The van der Waals surface area contributed by atoms with Crippen molar-refractivity contribution >= 4 is 46.5 Å². The number of aromatic nitrogens is 3. The summed E-state index contributed by atoms with van der Waals surface area (Å²) in [6.45, 7) is 4.88. The Labute approximate surface area is 207 Å². The molecule has 10 nitrogen and oxygen atoms in total. The molecule has 2 aromatic heterocycles. The van der Waals surface area contributed by atoms with Gasteiger partial charge in [0.15, 0.2) is 17.3 Å². The van der Waals surface area contributed by atoms with E-state index in [0.717, 1.165) is 32.6 Å². The maximum absolute atomic E-state index is 13.0. The molecule has 180 valence electrons. The summed E-state index contributed by atoms with van der Waals surface area (Å²) in [4.78, 5) is 43.9. The molecule has 0 aliphatic carbocycles. The molecule has 0 bridgehead atoms. The van der Waals surface area contributed by atoms with Gasteiger partial charge in [0, 0.05) is 31.4 Å². The Hall–Kier alpha value is -3.89. The molecule has 1 aliphatic heterocycles. The molecule has 3 N–H and O–H groups in total. The van der Waals surface area contributed by atoms with E-state index in [1.165, 1.54) is 31.3 Å². The van der Waals surface area contributed by atoms with Crippen LogP contribution in [0.15, 0.2) is 48.7 Å². The van der Waals surface area contributed by atoms with E-state index in [4.69, 9.17) is 11.6 Å². The van der Waals surface area contributed by atoms with Crippen LogP contribution in [0.3, 0.4) is 0 Å². The number of Topliss-reactive ketones (excluding diaryl/α,β-unsaturated/α-hetero) is 1. The van der Waals surface area contributed by atoms with Gasteiger partial charge in [0.05, 0.1) is 16.3 Å². The van der Waals surface area contributed by atoms with Crippen LogP contribution >= 0.6 is 11.6 Å². The Morgan fingerprint density at radius 1 is 0.971 bits per heavy atom. The van der Waals surface area contributed by atoms with E-state index in [-0.39, 0.29) is 28.5 Å². The predicted molar refractivity (Wildman–Crippen MR) is 133 cm³/mol. The molecule has 0 spiro atoms. The van der Waals surface area contributed by atoms with Crippen LogP contribution in [0.1, 0.15) is 44.5 Å². The van der Waals surface area contributed by atoms with Gasteiger partial charge in [0.25, 0.3) is 11.8 Å². The van der Waals surface area contributed by atoms with Gasteiger partial charge < -0.3 is 20.9 Å². The van der Waals surface area contributed by atoms with Gasteiger partial charge in [-0.05, 0) is 62.4 Å². The summed E-state index contributed by atoms with van der Waals surface area (Å²) in [5.74, 6) is -0.321. The first-order valence-electron chi connectivity index (χ1n) is 11.1. The van der Waals surface area contributed by atoms with Gasteiger partial charge in [0.2, 0.25) is 0 Å². The standard InChI is InChI=1S/C24H24ClN7O3/c1-15(33)16-3-5-19(18(13-16)23(34)29-21-7-4-17(25)14-27-21)28-24(35)20-6-8-22(31-30-20)32-11-2-9-26-10-12-32/h3-8,13-14,26H,2,9-12H2,1H3,(H,28,35)(H,27,29,34). The van der Waals surface area contributed by atoms with Gasteiger partial charge in [-0.3, -0.25) is 14.4 Å². The minimum absolute atomic E-state index is 0.100. The van der Waals surface area contributed by atoms with Crippen molar-refractivity contribution in [3.8, 4) is 0 Å². The van der Waals surface area contributed by atoms with Crippen LogP contribution in [-0.2, 0) is 0 Å². The molecule has 1 aromatic carbocycles. The number of benzene rings is 1. The summed E-state index contributed by atoms with van der Waals surface area (Å²) in [6, 6.07) is 10.9. The van der Waals surface area contributed by atoms with Crippen molar-refractivity contribution in [1.82, 2.24) is 20.5 Å². The second-order valence-electron chi connectivity index (χ2n) is 7.95. The molecule has 3 heterocycles. The molecule has 1 saturated heterocycles. The number of rotatable bonds is 6. The van der Waals surface area contributed by atoms with Crippen molar-refractivity contribution in [3.63, 3.8) is 0 Å². The molecule has 1 aliphatic rings. The number of nitrogens with one attached hydrogen (secondary N) is 3. The zero-order chi connectivity index (χ0) is 24.8. The van der Waals surface area contributed by atoms with Crippen LogP contribution in [0.2, 0.25) is 5.02 Å². The smallest absolute Gasteiger partial charge is 0.276 e. The average Bonchev–Trinajstić information content (AvgIpc) is 3.15. The number of hydrogen-bond donors (Lipinski definition) is 3. The largest absolute Gasteiger partial charge is 0.354 e. The van der Waals surface area contributed by atoms with E-state index in [9.17, 15) is 14.4 Å². The third kappa shape index (κ3) is 6.17. The molecular formula is C24H24ClN7O3. The fourth-order valence-electron chi connectivity index (χ4n) is 3.57. The van der Waals surface area contributed by atoms with E-state index < -0.39 is 11.8 Å². The summed E-state index contributed by atoms with van der Waals surface area (Å²) in [6.07, 6.45) is 2.40. The van der Waals surface area contributed by atoms with Crippen LogP contribution in [0.5, 0.6) is 0 Å². The lowest BCUT2D eigenvalue weighted by molar-refractivity contribution is 0.101. The zero-order valence-electron chi connectivity index (χ0n) is 19.0. The van der Waals surface area contributed by atoms with Crippen LogP contribution in [0.4, 0.5) is 17.3 Å².